The molecule has 2 aliphatic rings. The maximum atomic E-state index is 12.9. The van der Waals surface area contributed by atoms with Crippen molar-refractivity contribution in [3.05, 3.63) is 23.7 Å². The molecule has 0 unspecified atom stereocenters. The molecular weight excluding hydrogens is 308 g/mol. The fraction of sp³-hybridized carbons (Fsp3) is 0.562. The summed E-state index contributed by atoms with van der Waals surface area (Å²) in [4.78, 5) is 26.5. The van der Waals surface area contributed by atoms with E-state index in [0.29, 0.717) is 30.2 Å². The minimum Gasteiger partial charge on any atom is -0.323 e. The van der Waals surface area contributed by atoms with E-state index in [-0.39, 0.29) is 18.5 Å². The van der Waals surface area contributed by atoms with Gasteiger partial charge in [0.15, 0.2) is 11.5 Å². The Kier molecular flexibility index (Phi) is 3.29. The highest BCUT2D eigenvalue weighted by atomic mass is 16.2. The van der Waals surface area contributed by atoms with Crippen molar-refractivity contribution < 1.29 is 9.59 Å². The zero-order valence-electron chi connectivity index (χ0n) is 13.8. The third kappa shape index (κ3) is 2.24. The van der Waals surface area contributed by atoms with E-state index in [1.807, 2.05) is 19.1 Å². The second kappa shape index (κ2) is 5.25. The number of rotatable bonds is 2. The number of hydrogen-bond acceptors (Lipinski definition) is 5. The first-order valence-corrected chi connectivity index (χ1v) is 8.30. The molecule has 3 amide bonds. The van der Waals surface area contributed by atoms with Gasteiger partial charge in [-0.05, 0) is 50.7 Å². The summed E-state index contributed by atoms with van der Waals surface area (Å²) in [6, 6.07) is 3.31. The molecule has 0 radical (unpaired) electrons. The number of aromatic nitrogens is 4. The van der Waals surface area contributed by atoms with Crippen molar-refractivity contribution >= 4 is 17.6 Å². The number of nitrogens with one attached hydrogen (secondary N) is 1. The SMILES string of the molecule is Cc1ccc2nnc(CN3C(=O)NC4(CCC(C)CC4)C3=O)n2n1. The number of imide groups is 1. The molecule has 0 aromatic carbocycles. The van der Waals surface area contributed by atoms with Crippen LogP contribution in [-0.2, 0) is 11.3 Å². The van der Waals surface area contributed by atoms with Gasteiger partial charge >= 0.3 is 6.03 Å². The van der Waals surface area contributed by atoms with Crippen molar-refractivity contribution in [2.45, 2.75) is 51.6 Å². The summed E-state index contributed by atoms with van der Waals surface area (Å²) in [7, 11) is 0. The zero-order valence-corrected chi connectivity index (χ0v) is 13.8. The molecule has 1 aliphatic carbocycles. The smallest absolute Gasteiger partial charge is 0.323 e. The maximum Gasteiger partial charge on any atom is 0.325 e. The molecule has 1 saturated heterocycles. The third-order valence-corrected chi connectivity index (χ3v) is 5.13. The van der Waals surface area contributed by atoms with Crippen molar-refractivity contribution in [3.8, 4) is 0 Å². The summed E-state index contributed by atoms with van der Waals surface area (Å²) >= 11 is 0. The van der Waals surface area contributed by atoms with Gasteiger partial charge in [0.25, 0.3) is 5.91 Å². The largest absolute Gasteiger partial charge is 0.325 e. The molecule has 3 heterocycles. The molecular formula is C16H20N6O2. The first kappa shape index (κ1) is 15.0. The molecule has 4 rings (SSSR count). The van der Waals surface area contributed by atoms with Crippen LogP contribution in [-0.4, -0.2) is 42.2 Å². The molecule has 8 heteroatoms. The standard InChI is InChI=1S/C16H20N6O2/c1-10-5-7-16(8-6-10)14(23)21(15(24)17-16)9-13-19-18-12-4-3-11(2)20-22(12)13/h3-4,10H,5-9H2,1-2H3,(H,17,24). The average molecular weight is 328 g/mol. The molecule has 24 heavy (non-hydrogen) atoms. The quantitative estimate of drug-likeness (QED) is 0.842. The van der Waals surface area contributed by atoms with Gasteiger partial charge in [-0.1, -0.05) is 6.92 Å². The maximum absolute atomic E-state index is 12.9. The van der Waals surface area contributed by atoms with Gasteiger partial charge in [0.05, 0.1) is 12.2 Å². The van der Waals surface area contributed by atoms with Crippen molar-refractivity contribution in [1.29, 1.82) is 0 Å². The lowest BCUT2D eigenvalue weighted by Crippen LogP contribution is -2.49. The van der Waals surface area contributed by atoms with Gasteiger partial charge in [-0.2, -0.15) is 9.61 Å². The number of carbonyl (C=O) groups is 2. The Balaban J connectivity index is 1.61. The van der Waals surface area contributed by atoms with Crippen LogP contribution in [0.2, 0.25) is 0 Å². The number of amides is 3. The molecule has 1 spiro atoms. The highest BCUT2D eigenvalue weighted by Crippen LogP contribution is 2.36. The predicted molar refractivity (Wildman–Crippen MR) is 85.0 cm³/mol. The Morgan fingerprint density at radius 3 is 2.75 bits per heavy atom. The van der Waals surface area contributed by atoms with Gasteiger partial charge in [-0.25, -0.2) is 4.79 Å². The second-order valence-electron chi connectivity index (χ2n) is 6.95. The highest BCUT2D eigenvalue weighted by molar-refractivity contribution is 6.07. The molecule has 0 bridgehead atoms. The summed E-state index contributed by atoms with van der Waals surface area (Å²) in [5.74, 6) is 0.934. The lowest BCUT2D eigenvalue weighted by Gasteiger charge is -2.33. The van der Waals surface area contributed by atoms with Gasteiger partial charge in [-0.3, -0.25) is 9.69 Å². The van der Waals surface area contributed by atoms with Crippen molar-refractivity contribution in [2.24, 2.45) is 5.92 Å². The lowest BCUT2D eigenvalue weighted by atomic mass is 9.77. The first-order chi connectivity index (χ1) is 11.5. The normalized spacial score (nSPS) is 27.2. The van der Waals surface area contributed by atoms with Gasteiger partial charge in [0, 0.05) is 0 Å². The monoisotopic (exact) mass is 328 g/mol. The second-order valence-corrected chi connectivity index (χ2v) is 6.95. The highest BCUT2D eigenvalue weighted by Gasteiger charge is 2.52. The number of urea groups is 1. The number of nitrogens with zero attached hydrogens (tertiary/aromatic N) is 5. The van der Waals surface area contributed by atoms with Crippen molar-refractivity contribution in [3.63, 3.8) is 0 Å². The molecule has 2 fully saturated rings. The molecule has 1 aliphatic heterocycles. The molecule has 1 N–H and O–H groups in total. The van der Waals surface area contributed by atoms with E-state index >= 15 is 0 Å². The Hall–Kier alpha value is -2.51. The predicted octanol–water partition coefficient (Wildman–Crippen LogP) is 1.43. The molecule has 2 aromatic rings. The minimum atomic E-state index is -0.729. The van der Waals surface area contributed by atoms with E-state index < -0.39 is 5.54 Å². The molecule has 126 valence electrons. The van der Waals surface area contributed by atoms with Crippen LogP contribution < -0.4 is 5.32 Å². The lowest BCUT2D eigenvalue weighted by molar-refractivity contribution is -0.133. The number of fused-ring (bicyclic) bond motifs is 1. The topological polar surface area (TPSA) is 92.5 Å². The minimum absolute atomic E-state index is 0.0829. The van der Waals surface area contributed by atoms with Gasteiger partial charge in [0.1, 0.15) is 5.54 Å². The molecule has 2 aromatic heterocycles. The Morgan fingerprint density at radius 2 is 2.00 bits per heavy atom. The summed E-state index contributed by atoms with van der Waals surface area (Å²) in [6.45, 7) is 4.14. The van der Waals surface area contributed by atoms with Crippen LogP contribution in [0, 0.1) is 12.8 Å². The Morgan fingerprint density at radius 1 is 1.25 bits per heavy atom. The van der Waals surface area contributed by atoms with E-state index in [2.05, 4.69) is 27.5 Å². The summed E-state index contributed by atoms with van der Waals surface area (Å²) in [6.07, 6.45) is 3.31. The van der Waals surface area contributed by atoms with Crippen LogP contribution in [0.15, 0.2) is 12.1 Å². The number of aryl methyl sites for hydroxylation is 1. The van der Waals surface area contributed by atoms with Crippen molar-refractivity contribution in [2.75, 3.05) is 0 Å². The van der Waals surface area contributed by atoms with E-state index in [0.717, 1.165) is 18.5 Å². The fourth-order valence-electron chi connectivity index (χ4n) is 3.58. The molecule has 0 atom stereocenters. The Bertz CT molecular complexity index is 821. The van der Waals surface area contributed by atoms with E-state index in [1.54, 1.807) is 4.52 Å². The van der Waals surface area contributed by atoms with Crippen LogP contribution >= 0.6 is 0 Å². The molecule has 1 saturated carbocycles. The van der Waals surface area contributed by atoms with Gasteiger partial charge in [0.2, 0.25) is 0 Å². The van der Waals surface area contributed by atoms with Gasteiger partial charge in [-0.15, -0.1) is 10.2 Å². The number of hydrogen-bond donors (Lipinski definition) is 1. The number of carbonyl (C=O) groups excluding carboxylic acids is 2. The molecule has 8 nitrogen and oxygen atoms in total. The van der Waals surface area contributed by atoms with Crippen LogP contribution in [0.4, 0.5) is 4.79 Å². The van der Waals surface area contributed by atoms with Crippen LogP contribution in [0.1, 0.15) is 44.1 Å². The van der Waals surface area contributed by atoms with Crippen LogP contribution in [0.3, 0.4) is 0 Å². The summed E-state index contributed by atoms with van der Waals surface area (Å²) < 4.78 is 1.59. The van der Waals surface area contributed by atoms with Crippen LogP contribution in [0.25, 0.3) is 5.65 Å². The average Bonchev–Trinajstić information content (AvgIpc) is 3.05. The third-order valence-electron chi connectivity index (χ3n) is 5.13. The van der Waals surface area contributed by atoms with E-state index in [9.17, 15) is 9.59 Å². The van der Waals surface area contributed by atoms with Crippen molar-refractivity contribution in [1.82, 2.24) is 30.0 Å². The van der Waals surface area contributed by atoms with E-state index in [1.165, 1.54) is 4.90 Å². The van der Waals surface area contributed by atoms with Gasteiger partial charge < -0.3 is 5.32 Å². The summed E-state index contributed by atoms with van der Waals surface area (Å²) in [5.41, 5.74) is 0.690. The summed E-state index contributed by atoms with van der Waals surface area (Å²) in [5, 5.41) is 15.4. The first-order valence-electron chi connectivity index (χ1n) is 8.30. The van der Waals surface area contributed by atoms with E-state index in [4.69, 9.17) is 0 Å². The van der Waals surface area contributed by atoms with Crippen LogP contribution in [0.5, 0.6) is 0 Å². The Labute approximate surface area is 139 Å². The fourth-order valence-corrected chi connectivity index (χ4v) is 3.58. The zero-order chi connectivity index (χ0) is 16.9.